The summed E-state index contributed by atoms with van der Waals surface area (Å²) in [6.45, 7) is 1.43. The molecule has 2 aromatic rings. The zero-order chi connectivity index (χ0) is 14.3. The summed E-state index contributed by atoms with van der Waals surface area (Å²) >= 11 is 0. The molecule has 0 aliphatic carbocycles. The molecule has 0 saturated heterocycles. The maximum absolute atomic E-state index is 11.0. The Labute approximate surface area is 114 Å². The van der Waals surface area contributed by atoms with Gasteiger partial charge in [0.25, 0.3) is 0 Å². The molecule has 6 nitrogen and oxygen atoms in total. The number of phenolic OH excluding ortho intramolecular Hbond substituents is 1. The number of aromatic hydroxyl groups is 1. The van der Waals surface area contributed by atoms with E-state index in [0.29, 0.717) is 28.6 Å². The number of fused-ring (bicyclic) bond motifs is 2. The molecular formula is C14H13N2O4+. The number of amides is 1. The molecule has 0 unspecified atom stereocenters. The van der Waals surface area contributed by atoms with E-state index in [4.69, 9.17) is 9.47 Å². The van der Waals surface area contributed by atoms with Crippen molar-refractivity contribution >= 4 is 17.3 Å². The second-order valence-electron chi connectivity index (χ2n) is 4.49. The van der Waals surface area contributed by atoms with Crippen LogP contribution in [0.4, 0.5) is 11.4 Å². The number of anilines is 1. The van der Waals surface area contributed by atoms with Gasteiger partial charge in [0.2, 0.25) is 11.7 Å². The van der Waals surface area contributed by atoms with Gasteiger partial charge < -0.3 is 25.6 Å². The summed E-state index contributed by atoms with van der Waals surface area (Å²) in [5.41, 5.74) is 4.98. The van der Waals surface area contributed by atoms with Crippen molar-refractivity contribution in [3.8, 4) is 28.7 Å². The Bertz CT molecular complexity index is 713. The predicted octanol–water partition coefficient (Wildman–Crippen LogP) is 2.12. The van der Waals surface area contributed by atoms with Gasteiger partial charge in [-0.25, -0.2) is 0 Å². The summed E-state index contributed by atoms with van der Waals surface area (Å²) in [7, 11) is 0. The molecule has 1 amide bonds. The van der Waals surface area contributed by atoms with Gasteiger partial charge in [-0.2, -0.15) is 0 Å². The van der Waals surface area contributed by atoms with Crippen molar-refractivity contribution in [2.45, 2.75) is 6.92 Å². The van der Waals surface area contributed by atoms with Crippen molar-refractivity contribution in [1.29, 1.82) is 0 Å². The lowest BCUT2D eigenvalue weighted by atomic mass is 10.2. The highest BCUT2D eigenvalue weighted by Gasteiger charge is 2.23. The Morgan fingerprint density at radius 1 is 1.15 bits per heavy atom. The highest BCUT2D eigenvalue weighted by molar-refractivity contribution is 5.89. The van der Waals surface area contributed by atoms with Crippen LogP contribution < -0.4 is 20.5 Å². The van der Waals surface area contributed by atoms with Gasteiger partial charge in [0.05, 0.1) is 0 Å². The minimum absolute atomic E-state index is 0.0240. The molecule has 0 fully saturated rings. The van der Waals surface area contributed by atoms with E-state index in [1.807, 2.05) is 0 Å². The highest BCUT2D eigenvalue weighted by Crippen LogP contribution is 2.50. The van der Waals surface area contributed by atoms with Gasteiger partial charge in [0.15, 0.2) is 23.0 Å². The zero-order valence-corrected chi connectivity index (χ0v) is 10.8. The molecule has 2 aromatic carbocycles. The number of phenols is 1. The van der Waals surface area contributed by atoms with Crippen molar-refractivity contribution in [1.82, 2.24) is 0 Å². The molecule has 0 radical (unpaired) electrons. The minimum Gasteiger partial charge on any atom is -0.504 e. The van der Waals surface area contributed by atoms with E-state index in [1.54, 1.807) is 24.3 Å². The van der Waals surface area contributed by atoms with Crippen molar-refractivity contribution < 1.29 is 25.1 Å². The molecule has 6 heteroatoms. The lowest BCUT2D eigenvalue weighted by molar-refractivity contribution is -0.255. The first-order valence-electron chi connectivity index (χ1n) is 5.99. The lowest BCUT2D eigenvalue weighted by Crippen LogP contribution is -2.40. The largest absolute Gasteiger partial charge is 0.504 e. The fourth-order valence-corrected chi connectivity index (χ4v) is 2.00. The van der Waals surface area contributed by atoms with Crippen molar-refractivity contribution in [3.63, 3.8) is 0 Å². The quantitative estimate of drug-likeness (QED) is 0.632. The molecule has 1 heterocycles. The van der Waals surface area contributed by atoms with E-state index in [-0.39, 0.29) is 17.4 Å². The van der Waals surface area contributed by atoms with Gasteiger partial charge in [-0.05, 0) is 12.1 Å². The van der Waals surface area contributed by atoms with E-state index in [1.165, 1.54) is 13.0 Å². The van der Waals surface area contributed by atoms with Crippen LogP contribution in [0.25, 0.3) is 0 Å². The van der Waals surface area contributed by atoms with Crippen LogP contribution >= 0.6 is 0 Å². The van der Waals surface area contributed by atoms with Gasteiger partial charge in [0.1, 0.15) is 5.69 Å². The predicted molar refractivity (Wildman–Crippen MR) is 71.5 cm³/mol. The molecule has 20 heavy (non-hydrogen) atoms. The van der Waals surface area contributed by atoms with Gasteiger partial charge in [0, 0.05) is 30.8 Å². The molecule has 3 rings (SSSR count). The maximum atomic E-state index is 11.0. The fraction of sp³-hybridized carbons (Fsp3) is 0.0714. The van der Waals surface area contributed by atoms with Gasteiger partial charge >= 0.3 is 0 Å². The first-order chi connectivity index (χ1) is 9.52. The summed E-state index contributed by atoms with van der Waals surface area (Å²) in [4.78, 5) is 11.0. The second-order valence-corrected chi connectivity index (χ2v) is 4.49. The normalized spacial score (nSPS) is 11.7. The number of hydrogen-bond acceptors (Lipinski definition) is 4. The van der Waals surface area contributed by atoms with E-state index in [9.17, 15) is 9.90 Å². The van der Waals surface area contributed by atoms with E-state index >= 15 is 0 Å². The monoisotopic (exact) mass is 273 g/mol. The van der Waals surface area contributed by atoms with Crippen LogP contribution in [0.5, 0.6) is 28.7 Å². The summed E-state index contributed by atoms with van der Waals surface area (Å²) in [5.74, 6) is 1.40. The van der Waals surface area contributed by atoms with Crippen LogP contribution in [0, 0.1) is 0 Å². The third-order valence-corrected chi connectivity index (χ3v) is 2.79. The SMILES string of the molecule is CC(=O)Nc1ccc2c(c1)Oc1cc([NH3+])cc(O)c1O2. The second kappa shape index (κ2) is 4.43. The number of quaternary nitrogens is 1. The van der Waals surface area contributed by atoms with Crippen LogP contribution in [0.1, 0.15) is 6.92 Å². The summed E-state index contributed by atoms with van der Waals surface area (Å²) in [6, 6.07) is 8.19. The molecule has 0 saturated carbocycles. The summed E-state index contributed by atoms with van der Waals surface area (Å²) in [5, 5.41) is 12.5. The molecule has 0 spiro atoms. The van der Waals surface area contributed by atoms with Crippen LogP contribution in [-0.4, -0.2) is 11.0 Å². The lowest BCUT2D eigenvalue weighted by Gasteiger charge is -2.21. The molecule has 0 atom stereocenters. The van der Waals surface area contributed by atoms with Crippen LogP contribution in [0.15, 0.2) is 30.3 Å². The number of rotatable bonds is 1. The molecule has 102 valence electrons. The number of carbonyl (C=O) groups excluding carboxylic acids is 1. The number of hydrogen-bond donors (Lipinski definition) is 3. The van der Waals surface area contributed by atoms with Gasteiger partial charge in [-0.1, -0.05) is 0 Å². The van der Waals surface area contributed by atoms with Crippen molar-refractivity contribution in [2.24, 2.45) is 0 Å². The number of benzene rings is 2. The third kappa shape index (κ3) is 2.12. The number of ether oxygens (including phenoxy) is 2. The maximum Gasteiger partial charge on any atom is 0.221 e. The van der Waals surface area contributed by atoms with E-state index in [0.717, 1.165) is 0 Å². The molecule has 5 N–H and O–H groups in total. The summed E-state index contributed by atoms with van der Waals surface area (Å²) in [6.07, 6.45) is 0. The number of nitrogens with one attached hydrogen (secondary N) is 1. The Kier molecular flexibility index (Phi) is 2.73. The molecule has 1 aliphatic heterocycles. The van der Waals surface area contributed by atoms with Gasteiger partial charge in [-0.15, -0.1) is 0 Å². The van der Waals surface area contributed by atoms with Crippen molar-refractivity contribution in [3.05, 3.63) is 30.3 Å². The standard InChI is InChI=1S/C14H12N2O4/c1-7(17)16-9-2-3-11-12(6-9)19-13-5-8(15)4-10(18)14(13)20-11/h2-6,18H,15H2,1H3,(H,16,17)/p+1. The Balaban J connectivity index is 2.00. The average molecular weight is 273 g/mol. The molecule has 0 bridgehead atoms. The highest BCUT2D eigenvalue weighted by atomic mass is 16.6. The molecule has 0 aromatic heterocycles. The van der Waals surface area contributed by atoms with Crippen LogP contribution in [0.2, 0.25) is 0 Å². The number of carbonyl (C=O) groups is 1. The smallest absolute Gasteiger partial charge is 0.221 e. The zero-order valence-electron chi connectivity index (χ0n) is 10.8. The fourth-order valence-electron chi connectivity index (χ4n) is 2.00. The third-order valence-electron chi connectivity index (χ3n) is 2.79. The molecular weight excluding hydrogens is 260 g/mol. The Morgan fingerprint density at radius 3 is 2.70 bits per heavy atom. The first kappa shape index (κ1) is 12.3. The average Bonchev–Trinajstić information content (AvgIpc) is 2.35. The van der Waals surface area contributed by atoms with Gasteiger partial charge in [-0.3, -0.25) is 4.79 Å². The van der Waals surface area contributed by atoms with E-state index < -0.39 is 0 Å². The topological polar surface area (TPSA) is 95.4 Å². The molecule has 1 aliphatic rings. The van der Waals surface area contributed by atoms with Crippen LogP contribution in [0.3, 0.4) is 0 Å². The minimum atomic E-state index is -0.167. The first-order valence-corrected chi connectivity index (χ1v) is 5.99. The summed E-state index contributed by atoms with van der Waals surface area (Å²) < 4.78 is 11.3. The van der Waals surface area contributed by atoms with Crippen molar-refractivity contribution in [2.75, 3.05) is 5.32 Å². The van der Waals surface area contributed by atoms with E-state index in [2.05, 4.69) is 11.1 Å². The van der Waals surface area contributed by atoms with Crippen LogP contribution in [-0.2, 0) is 4.79 Å². The Morgan fingerprint density at radius 2 is 1.95 bits per heavy atom. The Hall–Kier alpha value is -2.73.